The predicted octanol–water partition coefficient (Wildman–Crippen LogP) is 3.49. The van der Waals surface area contributed by atoms with Gasteiger partial charge in [-0.2, -0.15) is 13.2 Å². The maximum absolute atomic E-state index is 13.2. The molecule has 1 heterocycles. The highest BCUT2D eigenvalue weighted by Gasteiger charge is 2.35. The molecule has 3 nitrogen and oxygen atoms in total. The number of carbonyl (C=O) groups excluding carboxylic acids is 1. The number of aromatic nitrogens is 2. The topological polar surface area (TPSA) is 42.9 Å². The van der Waals surface area contributed by atoms with Crippen LogP contribution in [-0.4, -0.2) is 15.4 Å². The van der Waals surface area contributed by atoms with Crippen LogP contribution >= 0.6 is 11.5 Å². The second-order valence-electron chi connectivity index (χ2n) is 3.92. The maximum Gasteiger partial charge on any atom is 0.419 e. The molecule has 1 aromatic carbocycles. The lowest BCUT2D eigenvalue weighted by Crippen LogP contribution is -2.11. The van der Waals surface area contributed by atoms with Crippen molar-refractivity contribution in [3.8, 4) is 0 Å². The van der Waals surface area contributed by atoms with Crippen molar-refractivity contribution in [2.24, 2.45) is 0 Å². The van der Waals surface area contributed by atoms with Crippen LogP contribution < -0.4 is 0 Å². The Balaban J connectivity index is 2.46. The lowest BCUT2D eigenvalue weighted by Gasteiger charge is -2.09. The van der Waals surface area contributed by atoms with E-state index in [1.54, 1.807) is 6.92 Å². The van der Waals surface area contributed by atoms with Crippen LogP contribution in [0.5, 0.6) is 0 Å². The molecule has 0 amide bonds. The zero-order chi connectivity index (χ0) is 14.9. The number of alkyl halides is 3. The molecule has 0 saturated carbocycles. The Morgan fingerprint density at radius 2 is 2.05 bits per heavy atom. The minimum absolute atomic E-state index is 0.173. The first-order chi connectivity index (χ1) is 9.34. The summed E-state index contributed by atoms with van der Waals surface area (Å²) in [6.45, 7) is 1.75. The van der Waals surface area contributed by atoms with Gasteiger partial charge in [0.05, 0.1) is 11.3 Å². The van der Waals surface area contributed by atoms with E-state index < -0.39 is 23.3 Å². The van der Waals surface area contributed by atoms with Gasteiger partial charge in [0, 0.05) is 5.56 Å². The number of rotatable bonds is 3. The van der Waals surface area contributed by atoms with E-state index in [2.05, 4.69) is 9.59 Å². The molecule has 0 unspecified atom stereocenters. The van der Waals surface area contributed by atoms with Gasteiger partial charge in [-0.15, -0.1) is 5.10 Å². The van der Waals surface area contributed by atoms with E-state index in [1.165, 1.54) is 0 Å². The summed E-state index contributed by atoms with van der Waals surface area (Å²) < 4.78 is 54.6. The Hall–Kier alpha value is -1.83. The Morgan fingerprint density at radius 1 is 1.35 bits per heavy atom. The van der Waals surface area contributed by atoms with E-state index in [0.29, 0.717) is 24.2 Å². The molecule has 0 fully saturated rings. The number of carbonyl (C=O) groups is 1. The highest BCUT2D eigenvalue weighted by atomic mass is 32.1. The summed E-state index contributed by atoms with van der Waals surface area (Å²) in [5.41, 5.74) is -1.28. The lowest BCUT2D eigenvalue weighted by atomic mass is 10.0. The number of aryl methyl sites for hydroxylation is 1. The van der Waals surface area contributed by atoms with Gasteiger partial charge in [0.15, 0.2) is 0 Å². The molecule has 0 aliphatic carbocycles. The number of ketones is 1. The van der Waals surface area contributed by atoms with E-state index in [0.717, 1.165) is 17.6 Å². The second-order valence-corrected chi connectivity index (χ2v) is 4.68. The standard InChI is InChI=1S/C12H8F4N2OS/c1-2-9-11(20-18-17-9)10(19)6-3-4-8(13)7(5-6)12(14,15)16/h3-5H,2H2,1H3. The van der Waals surface area contributed by atoms with Crippen molar-refractivity contribution in [2.45, 2.75) is 19.5 Å². The van der Waals surface area contributed by atoms with E-state index >= 15 is 0 Å². The number of hydrogen-bond acceptors (Lipinski definition) is 4. The predicted molar refractivity (Wildman–Crippen MR) is 64.1 cm³/mol. The quantitative estimate of drug-likeness (QED) is 0.644. The zero-order valence-electron chi connectivity index (χ0n) is 10.2. The maximum atomic E-state index is 13.2. The highest BCUT2D eigenvalue weighted by Crippen LogP contribution is 2.32. The fourth-order valence-corrected chi connectivity index (χ4v) is 2.34. The Labute approximate surface area is 115 Å². The van der Waals surface area contributed by atoms with Gasteiger partial charge < -0.3 is 0 Å². The molecule has 0 bridgehead atoms. The van der Waals surface area contributed by atoms with Crippen molar-refractivity contribution in [1.82, 2.24) is 9.59 Å². The molecule has 8 heteroatoms. The molecule has 0 atom stereocenters. The van der Waals surface area contributed by atoms with Crippen LogP contribution in [0.4, 0.5) is 17.6 Å². The molecule has 106 valence electrons. The summed E-state index contributed by atoms with van der Waals surface area (Å²) in [6.07, 6.45) is -4.41. The van der Waals surface area contributed by atoms with Gasteiger partial charge in [-0.1, -0.05) is 11.4 Å². The first kappa shape index (κ1) is 14.6. The summed E-state index contributed by atoms with van der Waals surface area (Å²) in [5.74, 6) is -2.05. The number of benzene rings is 1. The lowest BCUT2D eigenvalue weighted by molar-refractivity contribution is -0.140. The molecule has 0 saturated heterocycles. The minimum atomic E-state index is -4.85. The van der Waals surface area contributed by atoms with Crippen molar-refractivity contribution in [2.75, 3.05) is 0 Å². The van der Waals surface area contributed by atoms with Crippen molar-refractivity contribution >= 4 is 17.3 Å². The van der Waals surface area contributed by atoms with Gasteiger partial charge in [0.25, 0.3) is 0 Å². The van der Waals surface area contributed by atoms with Crippen molar-refractivity contribution in [3.05, 3.63) is 45.7 Å². The fraction of sp³-hybridized carbons (Fsp3) is 0.250. The molecule has 0 radical (unpaired) electrons. The zero-order valence-corrected chi connectivity index (χ0v) is 11.0. The van der Waals surface area contributed by atoms with Crippen molar-refractivity contribution in [1.29, 1.82) is 0 Å². The Kier molecular flexibility index (Phi) is 3.85. The third kappa shape index (κ3) is 2.69. The minimum Gasteiger partial charge on any atom is -0.288 e. The summed E-state index contributed by atoms with van der Waals surface area (Å²) in [6, 6.07) is 2.17. The van der Waals surface area contributed by atoms with Crippen LogP contribution in [0, 0.1) is 5.82 Å². The van der Waals surface area contributed by atoms with Crippen LogP contribution in [-0.2, 0) is 12.6 Å². The van der Waals surface area contributed by atoms with Gasteiger partial charge in [-0.3, -0.25) is 4.79 Å². The van der Waals surface area contributed by atoms with Gasteiger partial charge in [-0.05, 0) is 36.2 Å². The number of hydrogen-bond donors (Lipinski definition) is 0. The molecule has 2 rings (SSSR count). The summed E-state index contributed by atoms with van der Waals surface area (Å²) >= 11 is 0.809. The fourth-order valence-electron chi connectivity index (χ4n) is 1.63. The number of nitrogens with zero attached hydrogens (tertiary/aromatic N) is 2. The van der Waals surface area contributed by atoms with Gasteiger partial charge in [0.2, 0.25) is 5.78 Å². The van der Waals surface area contributed by atoms with Crippen LogP contribution in [0.15, 0.2) is 18.2 Å². The Bertz CT molecular complexity index is 651. The molecule has 0 aliphatic heterocycles. The first-order valence-electron chi connectivity index (χ1n) is 5.57. The first-order valence-corrected chi connectivity index (χ1v) is 6.34. The summed E-state index contributed by atoms with van der Waals surface area (Å²) in [7, 11) is 0. The monoisotopic (exact) mass is 304 g/mol. The third-order valence-electron chi connectivity index (χ3n) is 2.63. The Morgan fingerprint density at radius 3 is 2.65 bits per heavy atom. The molecule has 0 spiro atoms. The van der Waals surface area contributed by atoms with E-state index in [4.69, 9.17) is 0 Å². The average Bonchev–Trinajstić information content (AvgIpc) is 2.85. The van der Waals surface area contributed by atoms with Gasteiger partial charge >= 0.3 is 6.18 Å². The summed E-state index contributed by atoms with van der Waals surface area (Å²) in [4.78, 5) is 12.3. The summed E-state index contributed by atoms with van der Waals surface area (Å²) in [5, 5.41) is 3.72. The van der Waals surface area contributed by atoms with E-state index in [9.17, 15) is 22.4 Å². The normalized spacial score (nSPS) is 11.7. The smallest absolute Gasteiger partial charge is 0.288 e. The second kappa shape index (κ2) is 5.28. The molecule has 0 N–H and O–H groups in total. The van der Waals surface area contributed by atoms with Crippen LogP contribution in [0.1, 0.15) is 33.4 Å². The average molecular weight is 304 g/mol. The van der Waals surface area contributed by atoms with Crippen molar-refractivity contribution in [3.63, 3.8) is 0 Å². The number of halogens is 4. The van der Waals surface area contributed by atoms with Gasteiger partial charge in [0.1, 0.15) is 10.7 Å². The molecular weight excluding hydrogens is 296 g/mol. The largest absolute Gasteiger partial charge is 0.419 e. The highest BCUT2D eigenvalue weighted by molar-refractivity contribution is 7.08. The van der Waals surface area contributed by atoms with E-state index in [1.807, 2.05) is 0 Å². The molecule has 2 aromatic rings. The van der Waals surface area contributed by atoms with Crippen LogP contribution in [0.25, 0.3) is 0 Å². The molecule has 20 heavy (non-hydrogen) atoms. The molecule has 0 aliphatic rings. The van der Waals surface area contributed by atoms with Gasteiger partial charge in [-0.25, -0.2) is 4.39 Å². The SMILES string of the molecule is CCc1nnsc1C(=O)c1ccc(F)c(C(F)(F)F)c1. The van der Waals surface area contributed by atoms with Crippen LogP contribution in [0.3, 0.4) is 0 Å². The third-order valence-corrected chi connectivity index (χ3v) is 3.40. The van der Waals surface area contributed by atoms with E-state index in [-0.39, 0.29) is 10.4 Å². The van der Waals surface area contributed by atoms with Crippen LogP contribution in [0.2, 0.25) is 0 Å². The molecular formula is C12H8F4N2OS. The van der Waals surface area contributed by atoms with Crippen molar-refractivity contribution < 1.29 is 22.4 Å². The molecule has 1 aromatic heterocycles.